The fourth-order valence-electron chi connectivity index (χ4n) is 2.62. The average molecular weight is 286 g/mol. The van der Waals surface area contributed by atoms with Gasteiger partial charge in [-0.3, -0.25) is 14.0 Å². The van der Waals surface area contributed by atoms with Crippen LogP contribution in [0.1, 0.15) is 22.8 Å². The average Bonchev–Trinajstić information content (AvgIpc) is 2.47. The van der Waals surface area contributed by atoms with E-state index in [-0.39, 0.29) is 23.1 Å². The van der Waals surface area contributed by atoms with Crippen molar-refractivity contribution in [1.29, 1.82) is 0 Å². The molecule has 6 nitrogen and oxygen atoms in total. The van der Waals surface area contributed by atoms with E-state index >= 15 is 0 Å². The monoisotopic (exact) mass is 286 g/mol. The van der Waals surface area contributed by atoms with Gasteiger partial charge < -0.3 is 10.2 Å². The third-order valence-electron chi connectivity index (χ3n) is 3.74. The van der Waals surface area contributed by atoms with Crippen molar-refractivity contribution >= 4 is 11.6 Å². The summed E-state index contributed by atoms with van der Waals surface area (Å²) < 4.78 is 1.44. The molecule has 2 aromatic rings. The predicted octanol–water partition coefficient (Wildman–Crippen LogP) is 0.437. The van der Waals surface area contributed by atoms with Crippen molar-refractivity contribution in [1.82, 2.24) is 19.6 Å². The molecule has 1 aliphatic rings. The summed E-state index contributed by atoms with van der Waals surface area (Å²) in [7, 11) is 0. The van der Waals surface area contributed by atoms with Crippen molar-refractivity contribution in [2.24, 2.45) is 0 Å². The van der Waals surface area contributed by atoms with E-state index in [4.69, 9.17) is 0 Å². The lowest BCUT2D eigenvalue weighted by molar-refractivity contribution is 0.0706. The highest BCUT2D eigenvalue weighted by molar-refractivity contribution is 5.93. The maximum atomic E-state index is 12.5. The molecule has 0 saturated carbocycles. The topological polar surface area (TPSA) is 66.7 Å². The Kier molecular flexibility index (Phi) is 3.47. The van der Waals surface area contributed by atoms with Crippen molar-refractivity contribution < 1.29 is 4.79 Å². The van der Waals surface area contributed by atoms with Gasteiger partial charge in [-0.05, 0) is 25.5 Å². The quantitative estimate of drug-likeness (QED) is 0.826. The molecule has 1 saturated heterocycles. The van der Waals surface area contributed by atoms with Crippen molar-refractivity contribution in [3.63, 3.8) is 0 Å². The van der Waals surface area contributed by atoms with Gasteiger partial charge in [0.25, 0.3) is 11.5 Å². The Morgan fingerprint density at radius 1 is 1.43 bits per heavy atom. The molecular weight excluding hydrogens is 268 g/mol. The molecular formula is C15H18N4O2. The van der Waals surface area contributed by atoms with Crippen LogP contribution in [0.4, 0.5) is 0 Å². The minimum atomic E-state index is -0.306. The van der Waals surface area contributed by atoms with Crippen LogP contribution in [0.15, 0.2) is 29.3 Å². The summed E-state index contributed by atoms with van der Waals surface area (Å²) in [6.07, 6.45) is 3.10. The lowest BCUT2D eigenvalue weighted by Crippen LogP contribution is -2.52. The van der Waals surface area contributed by atoms with Crippen molar-refractivity contribution in [2.45, 2.75) is 19.9 Å². The molecule has 3 rings (SSSR count). The Morgan fingerprint density at radius 3 is 3.00 bits per heavy atom. The normalized spacial score (nSPS) is 19.0. The van der Waals surface area contributed by atoms with E-state index in [1.54, 1.807) is 17.2 Å². The van der Waals surface area contributed by atoms with E-state index in [1.165, 1.54) is 10.6 Å². The molecule has 3 heterocycles. The van der Waals surface area contributed by atoms with E-state index in [2.05, 4.69) is 10.3 Å². The van der Waals surface area contributed by atoms with Crippen LogP contribution in [0.2, 0.25) is 0 Å². The molecule has 0 aromatic carbocycles. The summed E-state index contributed by atoms with van der Waals surface area (Å²) in [6.45, 7) is 5.88. The number of piperazine rings is 1. The van der Waals surface area contributed by atoms with Crippen LogP contribution in [0.3, 0.4) is 0 Å². The van der Waals surface area contributed by atoms with Crippen LogP contribution >= 0.6 is 0 Å². The fourth-order valence-corrected chi connectivity index (χ4v) is 2.62. The second-order valence-corrected chi connectivity index (χ2v) is 5.52. The van der Waals surface area contributed by atoms with Crippen LogP contribution < -0.4 is 10.9 Å². The Morgan fingerprint density at radius 2 is 2.24 bits per heavy atom. The smallest absolute Gasteiger partial charge is 0.270 e. The fraction of sp³-hybridized carbons (Fsp3) is 0.400. The third-order valence-corrected chi connectivity index (χ3v) is 3.74. The zero-order chi connectivity index (χ0) is 15.0. The SMILES string of the molecule is Cc1ccc2ncc(C(=O)N3CCNC(C)C3)c(=O)n2c1. The summed E-state index contributed by atoms with van der Waals surface area (Å²) in [5.74, 6) is -0.239. The number of fused-ring (bicyclic) bond motifs is 1. The Labute approximate surface area is 122 Å². The molecule has 0 spiro atoms. The number of pyridine rings is 1. The highest BCUT2D eigenvalue weighted by Gasteiger charge is 2.24. The summed E-state index contributed by atoms with van der Waals surface area (Å²) >= 11 is 0. The standard InChI is InChI=1S/C15H18N4O2/c1-10-3-4-13-17-7-12(15(21)19(13)8-10)14(20)18-6-5-16-11(2)9-18/h3-4,7-8,11,16H,5-6,9H2,1-2H3. The highest BCUT2D eigenvalue weighted by atomic mass is 16.2. The second-order valence-electron chi connectivity index (χ2n) is 5.52. The molecule has 1 aliphatic heterocycles. The summed E-state index contributed by atoms with van der Waals surface area (Å²) in [6, 6.07) is 3.90. The maximum absolute atomic E-state index is 12.5. The maximum Gasteiger partial charge on any atom is 0.270 e. The molecule has 1 atom stereocenters. The Hall–Kier alpha value is -2.21. The first-order valence-electron chi connectivity index (χ1n) is 7.07. The Balaban J connectivity index is 2.02. The predicted molar refractivity (Wildman–Crippen MR) is 79.6 cm³/mol. The highest BCUT2D eigenvalue weighted by Crippen LogP contribution is 2.06. The first-order chi connectivity index (χ1) is 10.1. The van der Waals surface area contributed by atoms with Crippen molar-refractivity contribution in [2.75, 3.05) is 19.6 Å². The van der Waals surface area contributed by atoms with Crippen LogP contribution in [0, 0.1) is 6.92 Å². The number of hydrogen-bond acceptors (Lipinski definition) is 4. The van der Waals surface area contributed by atoms with Crippen LogP contribution in [0.25, 0.3) is 5.65 Å². The lowest BCUT2D eigenvalue weighted by atomic mass is 10.2. The van der Waals surface area contributed by atoms with Gasteiger partial charge in [0.2, 0.25) is 0 Å². The number of nitrogens with zero attached hydrogens (tertiary/aromatic N) is 3. The van der Waals surface area contributed by atoms with Gasteiger partial charge in [0, 0.05) is 38.1 Å². The minimum absolute atomic E-state index is 0.132. The van der Waals surface area contributed by atoms with E-state index in [9.17, 15) is 9.59 Å². The van der Waals surface area contributed by atoms with Gasteiger partial charge in [-0.15, -0.1) is 0 Å². The zero-order valence-corrected chi connectivity index (χ0v) is 12.2. The van der Waals surface area contributed by atoms with Gasteiger partial charge in [0.05, 0.1) is 0 Å². The van der Waals surface area contributed by atoms with Gasteiger partial charge in [-0.1, -0.05) is 6.07 Å². The van der Waals surface area contributed by atoms with E-state index in [0.717, 1.165) is 12.1 Å². The van der Waals surface area contributed by atoms with E-state index in [0.29, 0.717) is 18.7 Å². The largest absolute Gasteiger partial charge is 0.336 e. The molecule has 2 aromatic heterocycles. The number of amides is 1. The molecule has 0 radical (unpaired) electrons. The molecule has 1 unspecified atom stereocenters. The third kappa shape index (κ3) is 2.54. The van der Waals surface area contributed by atoms with Gasteiger partial charge in [0.15, 0.2) is 0 Å². The van der Waals surface area contributed by atoms with Crippen LogP contribution in [-0.2, 0) is 0 Å². The number of aromatic nitrogens is 2. The van der Waals surface area contributed by atoms with Crippen molar-refractivity contribution in [3.8, 4) is 0 Å². The molecule has 1 fully saturated rings. The second kappa shape index (κ2) is 5.29. The summed E-state index contributed by atoms with van der Waals surface area (Å²) in [5.41, 5.74) is 1.33. The summed E-state index contributed by atoms with van der Waals surface area (Å²) in [4.78, 5) is 31.0. The zero-order valence-electron chi connectivity index (χ0n) is 12.2. The first kappa shape index (κ1) is 13.8. The van der Waals surface area contributed by atoms with Gasteiger partial charge in [-0.2, -0.15) is 0 Å². The Bertz CT molecular complexity index is 753. The molecule has 21 heavy (non-hydrogen) atoms. The minimum Gasteiger partial charge on any atom is -0.336 e. The van der Waals surface area contributed by atoms with Crippen LogP contribution in [-0.4, -0.2) is 45.9 Å². The molecule has 0 bridgehead atoms. The molecule has 0 aliphatic carbocycles. The molecule has 1 N–H and O–H groups in total. The van der Waals surface area contributed by atoms with E-state index in [1.807, 2.05) is 19.9 Å². The van der Waals surface area contributed by atoms with Gasteiger partial charge in [0.1, 0.15) is 11.2 Å². The lowest BCUT2D eigenvalue weighted by Gasteiger charge is -2.31. The first-order valence-corrected chi connectivity index (χ1v) is 7.07. The number of hydrogen-bond donors (Lipinski definition) is 1. The van der Waals surface area contributed by atoms with Crippen LogP contribution in [0.5, 0.6) is 0 Å². The van der Waals surface area contributed by atoms with E-state index < -0.39 is 0 Å². The molecule has 110 valence electrons. The number of carbonyl (C=O) groups is 1. The number of aryl methyl sites for hydroxylation is 1. The number of nitrogens with one attached hydrogen (secondary N) is 1. The van der Waals surface area contributed by atoms with Gasteiger partial charge in [-0.25, -0.2) is 4.98 Å². The number of carbonyl (C=O) groups excluding carboxylic acids is 1. The number of rotatable bonds is 1. The summed E-state index contributed by atoms with van der Waals surface area (Å²) in [5, 5.41) is 3.28. The van der Waals surface area contributed by atoms with Gasteiger partial charge >= 0.3 is 0 Å². The molecule has 6 heteroatoms. The van der Waals surface area contributed by atoms with Crippen molar-refractivity contribution in [3.05, 3.63) is 46.0 Å². The molecule has 1 amide bonds.